The van der Waals surface area contributed by atoms with Crippen LogP contribution in [0, 0.1) is 46.3 Å². The van der Waals surface area contributed by atoms with Crippen molar-refractivity contribution in [2.24, 2.45) is 46.3 Å². The lowest BCUT2D eigenvalue weighted by atomic mass is 9.46. The molecule has 0 unspecified atom stereocenters. The monoisotopic (exact) mass is 1090 g/mol. The second kappa shape index (κ2) is 23.0. The summed E-state index contributed by atoms with van der Waals surface area (Å²) in [5, 5.41) is 159. The summed E-state index contributed by atoms with van der Waals surface area (Å²) in [5.41, 5.74) is 0.00157. The summed E-state index contributed by atoms with van der Waals surface area (Å²) in [7, 11) is 0. The smallest absolute Gasteiger partial charge is 0.187 e. The molecule has 4 aliphatic carbocycles. The molecule has 436 valence electrons. The Morgan fingerprint density at radius 1 is 0.645 bits per heavy atom. The fourth-order valence-electron chi connectivity index (χ4n) is 14.7. The number of allylic oxidation sites excluding steroid dienone is 1. The largest absolute Gasteiger partial charge is 0.394 e. The van der Waals surface area contributed by atoms with Crippen molar-refractivity contribution in [2.75, 3.05) is 33.0 Å². The predicted molar refractivity (Wildman–Crippen MR) is 252 cm³/mol. The second-order valence-electron chi connectivity index (χ2n) is 23.7. The molecular formula is C51H82O25. The summed E-state index contributed by atoms with van der Waals surface area (Å²) in [5.74, 6) is -1.91. The maximum atomic E-state index is 14.7. The average Bonchev–Trinajstić information content (AvgIpc) is 3.85. The molecule has 0 bridgehead atoms. The van der Waals surface area contributed by atoms with Crippen LogP contribution < -0.4 is 0 Å². The molecule has 0 aromatic carbocycles. The van der Waals surface area contributed by atoms with E-state index in [0.717, 1.165) is 5.57 Å². The van der Waals surface area contributed by atoms with Crippen LogP contribution in [-0.4, -0.2) is 256 Å². The number of ether oxygens (including phenoxy) is 9. The number of ketones is 1. The molecule has 9 aliphatic rings. The van der Waals surface area contributed by atoms with Gasteiger partial charge in [-0.25, -0.2) is 0 Å². The molecule has 31 atom stereocenters. The van der Waals surface area contributed by atoms with E-state index in [2.05, 4.69) is 13.0 Å². The minimum atomic E-state index is -1.94. The molecule has 0 radical (unpaired) electrons. The molecule has 0 aromatic rings. The van der Waals surface area contributed by atoms with E-state index in [4.69, 9.17) is 42.6 Å². The van der Waals surface area contributed by atoms with Gasteiger partial charge in [-0.2, -0.15) is 0 Å². The van der Waals surface area contributed by atoms with Gasteiger partial charge in [-0.1, -0.05) is 39.3 Å². The molecule has 76 heavy (non-hydrogen) atoms. The number of carbonyl (C=O) groups excluding carboxylic acids is 1. The van der Waals surface area contributed by atoms with Gasteiger partial charge in [-0.3, -0.25) is 4.79 Å². The van der Waals surface area contributed by atoms with Gasteiger partial charge in [0.05, 0.1) is 45.2 Å². The van der Waals surface area contributed by atoms with Crippen molar-refractivity contribution in [3.8, 4) is 0 Å². The Morgan fingerprint density at radius 2 is 1.17 bits per heavy atom. The second-order valence-corrected chi connectivity index (χ2v) is 23.7. The number of aliphatic hydroxyl groups is 15. The van der Waals surface area contributed by atoms with Crippen molar-refractivity contribution >= 4 is 5.78 Å². The zero-order chi connectivity index (χ0) is 55.1. The van der Waals surface area contributed by atoms with Crippen molar-refractivity contribution in [2.45, 2.75) is 220 Å². The molecule has 8 fully saturated rings. The van der Waals surface area contributed by atoms with E-state index in [1.807, 2.05) is 20.8 Å². The van der Waals surface area contributed by atoms with Gasteiger partial charge in [-0.15, -0.1) is 0 Å². The summed E-state index contributed by atoms with van der Waals surface area (Å²) in [6.07, 6.45) is -27.3. The van der Waals surface area contributed by atoms with Crippen LogP contribution in [0.2, 0.25) is 0 Å². The molecule has 9 rings (SSSR count). The first-order valence-electron chi connectivity index (χ1n) is 27.0. The third kappa shape index (κ3) is 10.3. The fraction of sp³-hybridized carbons (Fsp3) is 0.941. The lowest BCUT2D eigenvalue weighted by Gasteiger charge is -2.57. The fourth-order valence-corrected chi connectivity index (χ4v) is 14.7. The van der Waals surface area contributed by atoms with Crippen molar-refractivity contribution in [1.82, 2.24) is 0 Å². The van der Waals surface area contributed by atoms with Gasteiger partial charge in [0.15, 0.2) is 30.9 Å². The van der Waals surface area contributed by atoms with E-state index >= 15 is 0 Å². The van der Waals surface area contributed by atoms with Crippen LogP contribution in [0.4, 0.5) is 0 Å². The van der Waals surface area contributed by atoms with Crippen molar-refractivity contribution < 1.29 is 124 Å². The number of hydrogen-bond acceptors (Lipinski definition) is 25. The van der Waals surface area contributed by atoms with Crippen molar-refractivity contribution in [1.29, 1.82) is 0 Å². The Labute approximate surface area is 439 Å². The van der Waals surface area contributed by atoms with E-state index < -0.39 is 167 Å². The Bertz CT molecular complexity index is 2020. The van der Waals surface area contributed by atoms with Crippen LogP contribution in [-0.2, 0) is 47.4 Å². The Morgan fingerprint density at radius 3 is 1.80 bits per heavy atom. The minimum Gasteiger partial charge on any atom is -0.394 e. The zero-order valence-electron chi connectivity index (χ0n) is 43.2. The van der Waals surface area contributed by atoms with Crippen LogP contribution in [0.5, 0.6) is 0 Å². The highest BCUT2D eigenvalue weighted by atomic mass is 16.8. The SMILES string of the molecule is C[C@H](CC[C@@]1(O)O[C@H]2C[C@H]3[C@H]4CC=C5C[C@H](O[C@@H]6O[C@H](CO)[C@H](O[C@H]7O[C@@H](CO)[C@H](O)[C@@H](O)[C@@H]7O[C@H]7O[C@@H](CO)[C@H](O)[C@@H](O)[C@@H]7O)[C@H](O)[C@H]6O)CC[C@]5(C)[C@@H]4CC(=O)[C@]3(C)[C@@H]2[C@@H]1C)CO[C@@H]1O[C@H](CO)[C@@H](O)[C@H](O)[C@H]1O. The highest BCUT2D eigenvalue weighted by Crippen LogP contribution is 2.69. The Hall–Kier alpha value is -1.55. The summed E-state index contributed by atoms with van der Waals surface area (Å²) in [6, 6.07) is 0. The molecule has 5 aliphatic heterocycles. The molecule has 25 heteroatoms. The standard InChI is InChI=1S/C51H82O25/c1-19(18-68-45-40(64)36(60)33(57)27(14-52)70-45)7-10-51(67)20(2)32-26(76-51)12-25-23-6-5-21-11-22(8-9-49(21,3)24(23)13-31(56)50(25,32)4)69-46-42(66)39(63)43(30(17-55)73-46)74-48-44(38(62)35(59)29(16-54)72-48)75-47-41(65)37(61)34(58)28(15-53)71-47/h5,19-20,22-30,32-48,52-55,57-67H,6-18H2,1-4H3/t19-,20+,22-,23+,24-,25+,26+,27-,28+,29+,30-,32-,33-,34+,35+,36+,37-,38-,39-,40-,41+,42-,43+,44+,45-,46-,47-,48-,49+,50-,51-/m1/s1. The van der Waals surface area contributed by atoms with Crippen LogP contribution in [0.25, 0.3) is 0 Å². The van der Waals surface area contributed by atoms with E-state index in [9.17, 15) is 81.4 Å². The normalized spacial score (nSPS) is 53.8. The first-order chi connectivity index (χ1) is 35.9. The lowest BCUT2D eigenvalue weighted by molar-refractivity contribution is -0.390. The highest BCUT2D eigenvalue weighted by Gasteiger charge is 2.71. The van der Waals surface area contributed by atoms with Crippen LogP contribution in [0.15, 0.2) is 11.6 Å². The van der Waals surface area contributed by atoms with Crippen LogP contribution in [0.1, 0.15) is 79.1 Å². The molecule has 0 spiro atoms. The number of carbonyl (C=O) groups is 1. The third-order valence-electron chi connectivity index (χ3n) is 19.4. The first-order valence-corrected chi connectivity index (χ1v) is 27.0. The molecule has 15 N–H and O–H groups in total. The molecule has 3 saturated carbocycles. The van der Waals surface area contributed by atoms with Crippen molar-refractivity contribution in [3.05, 3.63) is 11.6 Å². The number of aliphatic hydroxyl groups excluding tert-OH is 14. The lowest BCUT2D eigenvalue weighted by Crippen LogP contribution is -2.67. The number of rotatable bonds is 16. The van der Waals surface area contributed by atoms with Crippen LogP contribution >= 0.6 is 0 Å². The predicted octanol–water partition coefficient (Wildman–Crippen LogP) is -4.86. The Balaban J connectivity index is 0.810. The quantitative estimate of drug-likeness (QED) is 0.0645. The van der Waals surface area contributed by atoms with E-state index in [0.29, 0.717) is 44.9 Å². The van der Waals surface area contributed by atoms with Gasteiger partial charge in [0.25, 0.3) is 0 Å². The van der Waals surface area contributed by atoms with Gasteiger partial charge in [-0.05, 0) is 67.6 Å². The van der Waals surface area contributed by atoms with Crippen LogP contribution in [0.3, 0.4) is 0 Å². The number of Topliss-reactive ketones (excluding diaryl/α,β-unsaturated/α-hetero) is 1. The molecule has 0 aromatic heterocycles. The highest BCUT2D eigenvalue weighted by molar-refractivity contribution is 5.87. The van der Waals surface area contributed by atoms with Gasteiger partial charge in [0.1, 0.15) is 103 Å². The van der Waals surface area contributed by atoms with Gasteiger partial charge in [0.2, 0.25) is 0 Å². The van der Waals surface area contributed by atoms with E-state index in [-0.39, 0.29) is 65.8 Å². The summed E-state index contributed by atoms with van der Waals surface area (Å²) in [6.45, 7) is 5.20. The summed E-state index contributed by atoms with van der Waals surface area (Å²) in [4.78, 5) is 14.7. The minimum absolute atomic E-state index is 0.00416. The van der Waals surface area contributed by atoms with Crippen molar-refractivity contribution in [3.63, 3.8) is 0 Å². The van der Waals surface area contributed by atoms with Gasteiger partial charge in [0, 0.05) is 30.1 Å². The third-order valence-corrected chi connectivity index (χ3v) is 19.4. The number of fused-ring (bicyclic) bond motifs is 7. The number of hydrogen-bond donors (Lipinski definition) is 15. The zero-order valence-corrected chi connectivity index (χ0v) is 43.2. The summed E-state index contributed by atoms with van der Waals surface area (Å²) >= 11 is 0. The molecule has 5 heterocycles. The molecule has 25 nitrogen and oxygen atoms in total. The average molecular weight is 1100 g/mol. The van der Waals surface area contributed by atoms with Gasteiger partial charge < -0.3 is 119 Å². The molecule has 5 saturated heterocycles. The van der Waals surface area contributed by atoms with E-state index in [1.165, 1.54) is 0 Å². The maximum Gasteiger partial charge on any atom is 0.187 e. The maximum absolute atomic E-state index is 14.7. The molecular weight excluding hydrogens is 1010 g/mol. The molecule has 0 amide bonds. The Kier molecular flexibility index (Phi) is 17.9. The van der Waals surface area contributed by atoms with E-state index in [1.54, 1.807) is 0 Å². The van der Waals surface area contributed by atoms with Gasteiger partial charge >= 0.3 is 0 Å². The summed E-state index contributed by atoms with van der Waals surface area (Å²) < 4.78 is 53.1. The first kappa shape index (κ1) is 59.1. The topological polar surface area (TPSA) is 404 Å².